The van der Waals surface area contributed by atoms with Gasteiger partial charge >= 0.3 is 0 Å². The number of carbonyl (C=O) groups excluding carboxylic acids is 1. The minimum Gasteiger partial charge on any atom is -0.493 e. The van der Waals surface area contributed by atoms with Crippen molar-refractivity contribution >= 4 is 22.5 Å². The van der Waals surface area contributed by atoms with Gasteiger partial charge < -0.3 is 19.4 Å². The summed E-state index contributed by atoms with van der Waals surface area (Å²) in [4.78, 5) is 12.4. The third kappa shape index (κ3) is 2.85. The summed E-state index contributed by atoms with van der Waals surface area (Å²) < 4.78 is 12.5. The Morgan fingerprint density at radius 1 is 1.00 bits per heavy atom. The Hall–Kier alpha value is -2.95. The van der Waals surface area contributed by atoms with E-state index in [4.69, 9.17) is 9.47 Å². The van der Waals surface area contributed by atoms with Gasteiger partial charge in [0.05, 0.1) is 14.2 Å². The van der Waals surface area contributed by atoms with Crippen LogP contribution in [0.3, 0.4) is 0 Å². The van der Waals surface area contributed by atoms with Crippen LogP contribution in [0, 0.1) is 0 Å². The number of methoxy groups -OCH3 is 2. The molecule has 3 rings (SSSR count). The number of nitrogens with one attached hydrogen (secondary N) is 1. The van der Waals surface area contributed by atoms with Crippen molar-refractivity contribution in [1.29, 1.82) is 0 Å². The predicted octanol–water partition coefficient (Wildman–Crippen LogP) is 3.45. The number of rotatable bonds is 4. The summed E-state index contributed by atoms with van der Waals surface area (Å²) in [6.07, 6.45) is 1.97. The molecule has 2 aromatic carbocycles. The number of anilines is 1. The summed E-state index contributed by atoms with van der Waals surface area (Å²) in [7, 11) is 5.11. The molecular weight excluding hydrogens is 292 g/mol. The number of benzene rings is 2. The van der Waals surface area contributed by atoms with Crippen molar-refractivity contribution in [3.05, 3.63) is 54.2 Å². The van der Waals surface area contributed by atoms with Crippen molar-refractivity contribution in [1.82, 2.24) is 4.57 Å². The molecule has 0 atom stereocenters. The van der Waals surface area contributed by atoms with E-state index in [9.17, 15) is 4.79 Å². The van der Waals surface area contributed by atoms with Gasteiger partial charge in [-0.15, -0.1) is 0 Å². The molecule has 118 valence electrons. The van der Waals surface area contributed by atoms with Crippen LogP contribution in [0.2, 0.25) is 0 Å². The molecule has 23 heavy (non-hydrogen) atoms. The molecule has 1 amide bonds. The highest BCUT2D eigenvalue weighted by Crippen LogP contribution is 2.30. The molecular formula is C18H18N2O3. The molecule has 0 bridgehead atoms. The first-order valence-corrected chi connectivity index (χ1v) is 7.21. The van der Waals surface area contributed by atoms with Gasteiger partial charge in [-0.1, -0.05) is 0 Å². The van der Waals surface area contributed by atoms with E-state index in [0.29, 0.717) is 22.7 Å². The Bertz CT molecular complexity index is 868. The maximum Gasteiger partial charge on any atom is 0.255 e. The van der Waals surface area contributed by atoms with Crippen LogP contribution in [0.25, 0.3) is 10.9 Å². The lowest BCUT2D eigenvalue weighted by Gasteiger charge is -2.10. The molecule has 0 spiro atoms. The van der Waals surface area contributed by atoms with E-state index in [1.807, 2.05) is 42.1 Å². The summed E-state index contributed by atoms with van der Waals surface area (Å²) in [6, 6.07) is 12.9. The van der Waals surface area contributed by atoms with Crippen molar-refractivity contribution in [2.45, 2.75) is 0 Å². The average Bonchev–Trinajstić information content (AvgIpc) is 2.95. The summed E-state index contributed by atoms with van der Waals surface area (Å²) in [5.41, 5.74) is 2.35. The summed E-state index contributed by atoms with van der Waals surface area (Å²) in [5, 5.41) is 3.91. The van der Waals surface area contributed by atoms with Crippen LogP contribution in [0.1, 0.15) is 10.4 Å². The summed E-state index contributed by atoms with van der Waals surface area (Å²) >= 11 is 0. The lowest BCUT2D eigenvalue weighted by atomic mass is 10.1. The monoisotopic (exact) mass is 310 g/mol. The van der Waals surface area contributed by atoms with Crippen molar-refractivity contribution in [2.24, 2.45) is 7.05 Å². The molecule has 5 heteroatoms. The van der Waals surface area contributed by atoms with Gasteiger partial charge in [-0.2, -0.15) is 0 Å². The number of ether oxygens (including phenoxy) is 2. The third-order valence-electron chi connectivity index (χ3n) is 3.79. The van der Waals surface area contributed by atoms with Gasteiger partial charge in [0, 0.05) is 41.5 Å². The zero-order chi connectivity index (χ0) is 16.4. The van der Waals surface area contributed by atoms with E-state index in [1.165, 1.54) is 0 Å². The molecule has 5 nitrogen and oxygen atoms in total. The fourth-order valence-electron chi connectivity index (χ4n) is 2.54. The first-order valence-electron chi connectivity index (χ1n) is 7.21. The third-order valence-corrected chi connectivity index (χ3v) is 3.79. The van der Waals surface area contributed by atoms with Crippen molar-refractivity contribution in [2.75, 3.05) is 19.5 Å². The minimum atomic E-state index is -0.164. The smallest absolute Gasteiger partial charge is 0.255 e. The highest BCUT2D eigenvalue weighted by molar-refractivity contribution is 6.06. The molecule has 0 saturated heterocycles. The van der Waals surface area contributed by atoms with Crippen molar-refractivity contribution in [3.63, 3.8) is 0 Å². The number of aryl methyl sites for hydroxylation is 1. The highest BCUT2D eigenvalue weighted by atomic mass is 16.5. The Morgan fingerprint density at radius 2 is 1.78 bits per heavy atom. The van der Waals surface area contributed by atoms with Gasteiger partial charge in [0.15, 0.2) is 11.5 Å². The van der Waals surface area contributed by atoms with Gasteiger partial charge in [-0.05, 0) is 36.4 Å². The van der Waals surface area contributed by atoms with Gasteiger partial charge in [0.1, 0.15) is 0 Å². The number of hydrogen-bond acceptors (Lipinski definition) is 3. The van der Waals surface area contributed by atoms with Crippen molar-refractivity contribution < 1.29 is 14.3 Å². The maximum atomic E-state index is 12.4. The van der Waals surface area contributed by atoms with Crippen LogP contribution in [-0.4, -0.2) is 24.7 Å². The average molecular weight is 310 g/mol. The van der Waals surface area contributed by atoms with E-state index in [2.05, 4.69) is 5.32 Å². The second kappa shape index (κ2) is 6.04. The van der Waals surface area contributed by atoms with E-state index < -0.39 is 0 Å². The fourth-order valence-corrected chi connectivity index (χ4v) is 2.54. The van der Waals surface area contributed by atoms with E-state index in [0.717, 1.165) is 10.9 Å². The Kier molecular flexibility index (Phi) is 3.93. The zero-order valence-corrected chi connectivity index (χ0v) is 13.3. The topological polar surface area (TPSA) is 52.5 Å². The Morgan fingerprint density at radius 3 is 2.52 bits per heavy atom. The number of amides is 1. The molecule has 0 aliphatic heterocycles. The second-order valence-electron chi connectivity index (χ2n) is 5.22. The lowest BCUT2D eigenvalue weighted by Crippen LogP contribution is -2.11. The van der Waals surface area contributed by atoms with Crippen LogP contribution < -0.4 is 14.8 Å². The van der Waals surface area contributed by atoms with E-state index >= 15 is 0 Å². The number of carbonyl (C=O) groups is 1. The molecule has 0 aliphatic rings. The standard InChI is InChI=1S/C18H18N2O3/c1-20-9-8-12-10-13(4-6-15(12)20)18(21)19-14-5-7-16(22-2)17(11-14)23-3/h4-11H,1-3H3,(H,19,21). The molecule has 1 aromatic heterocycles. The summed E-state index contributed by atoms with van der Waals surface area (Å²) in [5.74, 6) is 1.03. The van der Waals surface area contributed by atoms with Crippen LogP contribution in [-0.2, 0) is 7.05 Å². The maximum absolute atomic E-state index is 12.4. The highest BCUT2D eigenvalue weighted by Gasteiger charge is 2.10. The van der Waals surface area contributed by atoms with Crippen LogP contribution in [0.4, 0.5) is 5.69 Å². The number of hydrogen-bond donors (Lipinski definition) is 1. The molecule has 0 unspecified atom stereocenters. The van der Waals surface area contributed by atoms with Gasteiger partial charge in [-0.25, -0.2) is 0 Å². The number of aromatic nitrogens is 1. The molecule has 0 fully saturated rings. The quantitative estimate of drug-likeness (QED) is 0.803. The van der Waals surface area contributed by atoms with Crippen LogP contribution >= 0.6 is 0 Å². The minimum absolute atomic E-state index is 0.164. The molecule has 0 saturated carbocycles. The van der Waals surface area contributed by atoms with Crippen LogP contribution in [0.5, 0.6) is 11.5 Å². The fraction of sp³-hybridized carbons (Fsp3) is 0.167. The van der Waals surface area contributed by atoms with Crippen LogP contribution in [0.15, 0.2) is 48.7 Å². The van der Waals surface area contributed by atoms with Gasteiger partial charge in [0.2, 0.25) is 0 Å². The largest absolute Gasteiger partial charge is 0.493 e. The first-order chi connectivity index (χ1) is 11.1. The molecule has 0 aliphatic carbocycles. The number of fused-ring (bicyclic) bond motifs is 1. The van der Waals surface area contributed by atoms with E-state index in [-0.39, 0.29) is 5.91 Å². The van der Waals surface area contributed by atoms with Gasteiger partial charge in [-0.3, -0.25) is 4.79 Å². The second-order valence-corrected chi connectivity index (χ2v) is 5.22. The Labute approximate surface area is 134 Å². The molecule has 1 heterocycles. The van der Waals surface area contributed by atoms with Crippen molar-refractivity contribution in [3.8, 4) is 11.5 Å². The predicted molar refractivity (Wildman–Crippen MR) is 90.4 cm³/mol. The Balaban J connectivity index is 1.85. The molecule has 3 aromatic rings. The molecule has 0 radical (unpaired) electrons. The zero-order valence-electron chi connectivity index (χ0n) is 13.3. The molecule has 1 N–H and O–H groups in total. The lowest BCUT2D eigenvalue weighted by molar-refractivity contribution is 0.102. The first kappa shape index (κ1) is 15.0. The summed E-state index contributed by atoms with van der Waals surface area (Å²) in [6.45, 7) is 0. The SMILES string of the molecule is COc1ccc(NC(=O)c2ccc3c(ccn3C)c2)cc1OC. The number of nitrogens with zero attached hydrogens (tertiary/aromatic N) is 1. The normalized spacial score (nSPS) is 10.6. The van der Waals surface area contributed by atoms with E-state index in [1.54, 1.807) is 32.4 Å². The van der Waals surface area contributed by atoms with Gasteiger partial charge in [0.25, 0.3) is 5.91 Å².